The van der Waals surface area contributed by atoms with Crippen LogP contribution in [0.5, 0.6) is 0 Å². The average molecular weight is 492 g/mol. The lowest BCUT2D eigenvalue weighted by Gasteiger charge is -2.31. The summed E-state index contributed by atoms with van der Waals surface area (Å²) in [6.45, 7) is 7.49. The van der Waals surface area contributed by atoms with Crippen molar-refractivity contribution in [2.75, 3.05) is 13.6 Å². The van der Waals surface area contributed by atoms with Gasteiger partial charge >= 0.3 is 0 Å². The van der Waals surface area contributed by atoms with Crippen LogP contribution in [0, 0.1) is 5.82 Å². The highest BCUT2D eigenvalue weighted by molar-refractivity contribution is 7.89. The molecule has 0 radical (unpaired) electrons. The molecular weight excluding hydrogens is 457 g/mol. The lowest BCUT2D eigenvalue weighted by atomic mass is 10.1. The monoisotopic (exact) mass is 491 g/mol. The van der Waals surface area contributed by atoms with Gasteiger partial charge in [0.1, 0.15) is 11.9 Å². The van der Waals surface area contributed by atoms with Crippen LogP contribution >= 0.6 is 0 Å². The summed E-state index contributed by atoms with van der Waals surface area (Å²) in [5.74, 6) is -0.971. The molecule has 1 atom stereocenters. The third-order valence-corrected chi connectivity index (χ3v) is 7.12. The van der Waals surface area contributed by atoms with Crippen molar-refractivity contribution < 1.29 is 22.4 Å². The minimum Gasteiger partial charge on any atom is -0.350 e. The molecule has 2 aromatic carbocycles. The largest absolute Gasteiger partial charge is 0.350 e. The summed E-state index contributed by atoms with van der Waals surface area (Å²) < 4.78 is 39.9. The highest BCUT2D eigenvalue weighted by Gasteiger charge is 2.28. The van der Waals surface area contributed by atoms with Crippen LogP contribution in [0.3, 0.4) is 0 Å². The molecule has 2 aromatic rings. The normalized spacial score (nSPS) is 12.9. The van der Waals surface area contributed by atoms with E-state index in [9.17, 15) is 22.4 Å². The molecule has 0 saturated heterocycles. The smallest absolute Gasteiger partial charge is 0.242 e. The predicted molar refractivity (Wildman–Crippen MR) is 130 cm³/mol. The zero-order valence-corrected chi connectivity index (χ0v) is 21.2. The quantitative estimate of drug-likeness (QED) is 0.551. The molecule has 0 heterocycles. The first-order chi connectivity index (χ1) is 15.8. The second-order valence-corrected chi connectivity index (χ2v) is 11.4. The zero-order chi connectivity index (χ0) is 25.5. The summed E-state index contributed by atoms with van der Waals surface area (Å²) in [6, 6.07) is 13.1. The van der Waals surface area contributed by atoms with Crippen molar-refractivity contribution in [3.8, 4) is 0 Å². The van der Waals surface area contributed by atoms with Crippen LogP contribution in [0.4, 0.5) is 4.39 Å². The van der Waals surface area contributed by atoms with E-state index in [1.54, 1.807) is 37.3 Å². The van der Waals surface area contributed by atoms with Gasteiger partial charge < -0.3 is 10.2 Å². The minimum atomic E-state index is -3.65. The number of rotatable bonds is 10. The van der Waals surface area contributed by atoms with Gasteiger partial charge in [0, 0.05) is 32.1 Å². The van der Waals surface area contributed by atoms with Crippen molar-refractivity contribution in [1.29, 1.82) is 0 Å². The molecule has 34 heavy (non-hydrogen) atoms. The summed E-state index contributed by atoms with van der Waals surface area (Å²) in [5.41, 5.74) is 0.221. The van der Waals surface area contributed by atoms with Gasteiger partial charge in [0.05, 0.1) is 4.90 Å². The van der Waals surface area contributed by atoms with Crippen LogP contribution in [-0.4, -0.2) is 54.6 Å². The molecule has 1 N–H and O–H groups in total. The molecule has 0 aromatic heterocycles. The molecule has 0 fully saturated rings. The molecule has 186 valence electrons. The number of benzene rings is 2. The standard InChI is InChI=1S/C25H34FN3O4S/c1-19(24(31)27-25(2,3)4)29(18-20-13-15-21(26)16-14-20)23(30)12-9-17-28(5)34(32,33)22-10-7-6-8-11-22/h6-8,10-11,13-16,19H,9,12,17-18H2,1-5H3,(H,27,31)/t19-/m1/s1. The first kappa shape index (κ1) is 27.5. The van der Waals surface area contributed by atoms with E-state index in [0.717, 1.165) is 0 Å². The highest BCUT2D eigenvalue weighted by atomic mass is 32.2. The van der Waals surface area contributed by atoms with Gasteiger partial charge in [-0.3, -0.25) is 9.59 Å². The average Bonchev–Trinajstić information content (AvgIpc) is 2.77. The van der Waals surface area contributed by atoms with Crippen molar-refractivity contribution in [1.82, 2.24) is 14.5 Å². The molecule has 0 unspecified atom stereocenters. The van der Waals surface area contributed by atoms with E-state index in [1.807, 2.05) is 20.8 Å². The Morgan fingerprint density at radius 1 is 1.03 bits per heavy atom. The van der Waals surface area contributed by atoms with Crippen LogP contribution in [0.15, 0.2) is 59.5 Å². The van der Waals surface area contributed by atoms with E-state index >= 15 is 0 Å². The van der Waals surface area contributed by atoms with E-state index in [2.05, 4.69) is 5.32 Å². The van der Waals surface area contributed by atoms with Crippen LogP contribution in [-0.2, 0) is 26.2 Å². The fraction of sp³-hybridized carbons (Fsp3) is 0.440. The van der Waals surface area contributed by atoms with E-state index in [4.69, 9.17) is 0 Å². The molecule has 9 heteroatoms. The number of carbonyl (C=O) groups is 2. The number of sulfonamides is 1. The molecule has 2 rings (SSSR count). The summed E-state index contributed by atoms with van der Waals surface area (Å²) in [5, 5.41) is 2.88. The Kier molecular flexibility index (Phi) is 9.35. The Hall–Kier alpha value is -2.78. The van der Waals surface area contributed by atoms with E-state index in [-0.39, 0.29) is 48.5 Å². The number of nitrogens with zero attached hydrogens (tertiary/aromatic N) is 2. The van der Waals surface area contributed by atoms with Gasteiger partial charge in [-0.2, -0.15) is 0 Å². The molecule has 0 saturated carbocycles. The first-order valence-corrected chi connectivity index (χ1v) is 12.6. The summed E-state index contributed by atoms with van der Waals surface area (Å²) in [4.78, 5) is 27.5. The number of hydrogen-bond donors (Lipinski definition) is 1. The SMILES string of the molecule is C[C@H](C(=O)NC(C)(C)C)N(Cc1ccc(F)cc1)C(=O)CCCN(C)S(=O)(=O)c1ccccc1. The molecule has 0 aliphatic rings. The molecule has 0 bridgehead atoms. The lowest BCUT2D eigenvalue weighted by Crippen LogP contribution is -2.52. The second kappa shape index (κ2) is 11.6. The van der Waals surface area contributed by atoms with Crippen LogP contribution in [0.25, 0.3) is 0 Å². The van der Waals surface area contributed by atoms with Gasteiger partial charge in [-0.15, -0.1) is 0 Å². The Labute approximate surface area is 202 Å². The first-order valence-electron chi connectivity index (χ1n) is 11.2. The van der Waals surface area contributed by atoms with Crippen molar-refractivity contribution in [3.05, 3.63) is 66.0 Å². The fourth-order valence-electron chi connectivity index (χ4n) is 3.33. The third kappa shape index (κ3) is 7.92. The maximum atomic E-state index is 13.3. The van der Waals surface area contributed by atoms with Gasteiger partial charge in [-0.1, -0.05) is 30.3 Å². The maximum absolute atomic E-state index is 13.3. The lowest BCUT2D eigenvalue weighted by molar-refractivity contribution is -0.141. The van der Waals surface area contributed by atoms with E-state index in [0.29, 0.717) is 5.56 Å². The van der Waals surface area contributed by atoms with E-state index in [1.165, 1.54) is 40.5 Å². The van der Waals surface area contributed by atoms with E-state index < -0.39 is 21.6 Å². The van der Waals surface area contributed by atoms with Gasteiger partial charge in [0.25, 0.3) is 0 Å². The number of amides is 2. The number of carbonyl (C=O) groups excluding carboxylic acids is 2. The van der Waals surface area contributed by atoms with Gasteiger partial charge in [0.15, 0.2) is 0 Å². The van der Waals surface area contributed by atoms with Crippen molar-refractivity contribution >= 4 is 21.8 Å². The molecule has 0 spiro atoms. The number of hydrogen-bond acceptors (Lipinski definition) is 4. The summed E-state index contributed by atoms with van der Waals surface area (Å²) >= 11 is 0. The molecule has 0 aliphatic carbocycles. The summed E-state index contributed by atoms with van der Waals surface area (Å²) in [7, 11) is -2.18. The van der Waals surface area contributed by atoms with Crippen LogP contribution < -0.4 is 5.32 Å². The predicted octanol–water partition coefficient (Wildman–Crippen LogP) is 3.56. The highest BCUT2D eigenvalue weighted by Crippen LogP contribution is 2.16. The third-order valence-electron chi connectivity index (χ3n) is 5.25. The number of nitrogens with one attached hydrogen (secondary N) is 1. The topological polar surface area (TPSA) is 86.8 Å². The zero-order valence-electron chi connectivity index (χ0n) is 20.4. The second-order valence-electron chi connectivity index (χ2n) is 9.31. The molecular formula is C25H34FN3O4S. The Bertz CT molecular complexity index is 1070. The molecule has 2 amide bonds. The maximum Gasteiger partial charge on any atom is 0.242 e. The Morgan fingerprint density at radius 3 is 2.18 bits per heavy atom. The fourth-order valence-corrected chi connectivity index (χ4v) is 4.56. The van der Waals surface area contributed by atoms with Crippen LogP contribution in [0.1, 0.15) is 46.1 Å². The van der Waals surface area contributed by atoms with Crippen molar-refractivity contribution in [3.63, 3.8) is 0 Å². The van der Waals surface area contributed by atoms with Gasteiger partial charge in [0.2, 0.25) is 21.8 Å². The Balaban J connectivity index is 2.09. The molecule has 0 aliphatic heterocycles. The minimum absolute atomic E-state index is 0.0585. The van der Waals surface area contributed by atoms with Crippen molar-refractivity contribution in [2.24, 2.45) is 0 Å². The molecule has 7 nitrogen and oxygen atoms in total. The Morgan fingerprint density at radius 2 is 1.62 bits per heavy atom. The van der Waals surface area contributed by atoms with Gasteiger partial charge in [-0.25, -0.2) is 17.1 Å². The van der Waals surface area contributed by atoms with Crippen LogP contribution in [0.2, 0.25) is 0 Å². The van der Waals surface area contributed by atoms with Gasteiger partial charge in [-0.05, 0) is 63.9 Å². The number of halogens is 1. The van der Waals surface area contributed by atoms with Crippen molar-refractivity contribution in [2.45, 2.75) is 63.6 Å². The summed E-state index contributed by atoms with van der Waals surface area (Å²) in [6.07, 6.45) is 0.345.